The molecule has 28 heavy (non-hydrogen) atoms. The lowest BCUT2D eigenvalue weighted by atomic mass is 10.0. The molecule has 0 aromatic heterocycles. The minimum Gasteiger partial charge on any atom is -0.325 e. The number of nitrogens with one attached hydrogen (secondary N) is 1. The molecule has 2 aromatic carbocycles. The van der Waals surface area contributed by atoms with Crippen LogP contribution in [0.1, 0.15) is 19.8 Å². The van der Waals surface area contributed by atoms with Crippen LogP contribution >= 0.6 is 11.8 Å². The van der Waals surface area contributed by atoms with Crippen molar-refractivity contribution in [3.63, 3.8) is 0 Å². The van der Waals surface area contributed by atoms with Crippen molar-refractivity contribution < 1.29 is 17.6 Å². The number of nitrogens with zero attached hydrogens (tertiary/aromatic N) is 1. The lowest BCUT2D eigenvalue weighted by molar-refractivity contribution is -0.113. The second-order valence-electron chi connectivity index (χ2n) is 6.90. The summed E-state index contributed by atoms with van der Waals surface area (Å²) < 4.78 is 39.9. The summed E-state index contributed by atoms with van der Waals surface area (Å²) in [6, 6.07) is 12.2. The number of halogens is 1. The van der Waals surface area contributed by atoms with Gasteiger partial charge in [-0.3, -0.25) is 4.79 Å². The van der Waals surface area contributed by atoms with Gasteiger partial charge in [0.15, 0.2) is 0 Å². The number of hydrogen-bond acceptors (Lipinski definition) is 4. The van der Waals surface area contributed by atoms with E-state index in [2.05, 4.69) is 12.2 Å². The largest absolute Gasteiger partial charge is 0.325 e. The predicted octanol–water partition coefficient (Wildman–Crippen LogP) is 3.98. The van der Waals surface area contributed by atoms with Gasteiger partial charge in [0.05, 0.1) is 10.6 Å². The highest BCUT2D eigenvalue weighted by Crippen LogP contribution is 2.24. The Hall–Kier alpha value is -1.90. The van der Waals surface area contributed by atoms with E-state index in [0.717, 1.165) is 17.7 Å². The molecule has 0 radical (unpaired) electrons. The van der Waals surface area contributed by atoms with Gasteiger partial charge in [-0.05, 0) is 67.3 Å². The Morgan fingerprint density at radius 2 is 1.71 bits per heavy atom. The maximum atomic E-state index is 12.9. The number of amides is 1. The second kappa shape index (κ2) is 9.07. The summed E-state index contributed by atoms with van der Waals surface area (Å²) in [6.07, 6.45) is 1.75. The predicted molar refractivity (Wildman–Crippen MR) is 109 cm³/mol. The van der Waals surface area contributed by atoms with Gasteiger partial charge in [-0.25, -0.2) is 12.8 Å². The molecule has 5 nitrogen and oxygen atoms in total. The number of sulfonamides is 1. The summed E-state index contributed by atoms with van der Waals surface area (Å²) in [6.45, 7) is 3.22. The smallest absolute Gasteiger partial charge is 0.243 e. The van der Waals surface area contributed by atoms with Crippen LogP contribution in [0.2, 0.25) is 0 Å². The Balaban J connectivity index is 1.56. The molecule has 1 heterocycles. The fourth-order valence-corrected chi connectivity index (χ4v) is 5.13. The number of benzene rings is 2. The molecule has 0 atom stereocenters. The number of carbonyl (C=O) groups is 1. The van der Waals surface area contributed by atoms with E-state index in [1.54, 1.807) is 24.3 Å². The Labute approximate surface area is 169 Å². The average Bonchev–Trinajstić information content (AvgIpc) is 2.68. The first-order valence-corrected chi connectivity index (χ1v) is 11.6. The van der Waals surface area contributed by atoms with E-state index >= 15 is 0 Å². The van der Waals surface area contributed by atoms with E-state index in [1.807, 2.05) is 0 Å². The zero-order chi connectivity index (χ0) is 20.1. The van der Waals surface area contributed by atoms with Gasteiger partial charge in [0.1, 0.15) is 5.82 Å². The number of hydrogen-bond donors (Lipinski definition) is 1. The molecule has 1 aliphatic rings. The Kier molecular flexibility index (Phi) is 6.74. The molecule has 1 saturated heterocycles. The normalized spacial score (nSPS) is 16.1. The van der Waals surface area contributed by atoms with Crippen molar-refractivity contribution in [3.05, 3.63) is 54.3 Å². The highest BCUT2D eigenvalue weighted by molar-refractivity contribution is 8.00. The Morgan fingerprint density at radius 3 is 2.32 bits per heavy atom. The zero-order valence-electron chi connectivity index (χ0n) is 15.6. The summed E-state index contributed by atoms with van der Waals surface area (Å²) in [7, 11) is -3.49. The third-order valence-corrected chi connectivity index (χ3v) is 7.63. The van der Waals surface area contributed by atoms with E-state index in [4.69, 9.17) is 0 Å². The topological polar surface area (TPSA) is 66.5 Å². The van der Waals surface area contributed by atoms with E-state index in [-0.39, 0.29) is 22.4 Å². The van der Waals surface area contributed by atoms with Crippen molar-refractivity contribution in [2.45, 2.75) is 29.6 Å². The summed E-state index contributed by atoms with van der Waals surface area (Å²) in [5.74, 6) is 0.201. The first-order valence-electron chi connectivity index (χ1n) is 9.13. The Morgan fingerprint density at radius 1 is 1.11 bits per heavy atom. The van der Waals surface area contributed by atoms with Gasteiger partial charge in [-0.2, -0.15) is 4.31 Å². The van der Waals surface area contributed by atoms with Crippen LogP contribution in [0.15, 0.2) is 58.3 Å². The highest BCUT2D eigenvalue weighted by Gasteiger charge is 2.27. The van der Waals surface area contributed by atoms with Crippen molar-refractivity contribution >= 4 is 33.4 Å². The van der Waals surface area contributed by atoms with Crippen molar-refractivity contribution in [1.82, 2.24) is 4.31 Å². The quantitative estimate of drug-likeness (QED) is 0.715. The third-order valence-electron chi connectivity index (χ3n) is 4.70. The number of thioether (sulfide) groups is 1. The van der Waals surface area contributed by atoms with Crippen LogP contribution in [-0.4, -0.2) is 37.5 Å². The van der Waals surface area contributed by atoms with Crippen molar-refractivity contribution in [1.29, 1.82) is 0 Å². The molecule has 0 unspecified atom stereocenters. The van der Waals surface area contributed by atoms with Gasteiger partial charge < -0.3 is 5.32 Å². The van der Waals surface area contributed by atoms with E-state index in [0.29, 0.717) is 24.7 Å². The molecule has 1 amide bonds. The minimum absolute atomic E-state index is 0.178. The molecule has 1 aliphatic heterocycles. The molecule has 0 spiro atoms. The van der Waals surface area contributed by atoms with Crippen LogP contribution in [0.5, 0.6) is 0 Å². The lowest BCUT2D eigenvalue weighted by Crippen LogP contribution is -2.37. The highest BCUT2D eigenvalue weighted by atomic mass is 32.2. The minimum atomic E-state index is -3.49. The molecule has 1 fully saturated rings. The standard InChI is InChI=1S/C20H23FN2O3S2/c1-15-10-12-23(13-11-15)28(25,26)19-8-4-17(5-9-19)22-20(24)14-27-18-6-2-16(21)3-7-18/h2-9,15H,10-14H2,1H3,(H,22,24). The van der Waals surface area contributed by atoms with Crippen LogP contribution in [0.4, 0.5) is 10.1 Å². The van der Waals surface area contributed by atoms with Crippen molar-refractivity contribution in [2.24, 2.45) is 5.92 Å². The fourth-order valence-electron chi connectivity index (χ4n) is 2.96. The summed E-state index contributed by atoms with van der Waals surface area (Å²) in [4.78, 5) is 13.1. The van der Waals surface area contributed by atoms with Crippen LogP contribution in [0.25, 0.3) is 0 Å². The van der Waals surface area contributed by atoms with Gasteiger partial charge in [-0.15, -0.1) is 11.8 Å². The Bertz CT molecular complexity index is 907. The lowest BCUT2D eigenvalue weighted by Gasteiger charge is -2.29. The van der Waals surface area contributed by atoms with Gasteiger partial charge in [-0.1, -0.05) is 6.92 Å². The number of rotatable bonds is 6. The molecule has 2 aromatic rings. The molecule has 3 rings (SSSR count). The van der Waals surface area contributed by atoms with E-state index in [9.17, 15) is 17.6 Å². The summed E-state index contributed by atoms with van der Waals surface area (Å²) in [5, 5.41) is 2.75. The molecule has 0 aliphatic carbocycles. The van der Waals surface area contributed by atoms with E-state index < -0.39 is 10.0 Å². The van der Waals surface area contributed by atoms with Crippen LogP contribution in [0, 0.1) is 11.7 Å². The monoisotopic (exact) mass is 422 g/mol. The molecular formula is C20H23FN2O3S2. The summed E-state index contributed by atoms with van der Waals surface area (Å²) >= 11 is 1.30. The number of anilines is 1. The van der Waals surface area contributed by atoms with Crippen molar-refractivity contribution in [3.8, 4) is 0 Å². The van der Waals surface area contributed by atoms with Crippen LogP contribution in [0.3, 0.4) is 0 Å². The number of piperidine rings is 1. The van der Waals surface area contributed by atoms with E-state index in [1.165, 1.54) is 40.3 Å². The SMILES string of the molecule is CC1CCN(S(=O)(=O)c2ccc(NC(=O)CSc3ccc(F)cc3)cc2)CC1. The van der Waals surface area contributed by atoms with Crippen LogP contribution in [-0.2, 0) is 14.8 Å². The maximum Gasteiger partial charge on any atom is 0.243 e. The third kappa shape index (κ3) is 5.33. The molecule has 0 bridgehead atoms. The zero-order valence-corrected chi connectivity index (χ0v) is 17.2. The maximum absolute atomic E-state index is 12.9. The number of carbonyl (C=O) groups excluding carboxylic acids is 1. The molecule has 150 valence electrons. The average molecular weight is 423 g/mol. The van der Waals surface area contributed by atoms with Gasteiger partial charge in [0.2, 0.25) is 15.9 Å². The summed E-state index contributed by atoms with van der Waals surface area (Å²) in [5.41, 5.74) is 0.538. The first kappa shape index (κ1) is 20.8. The van der Waals surface area contributed by atoms with Gasteiger partial charge >= 0.3 is 0 Å². The van der Waals surface area contributed by atoms with Crippen LogP contribution < -0.4 is 5.32 Å². The van der Waals surface area contributed by atoms with Gasteiger partial charge in [0.25, 0.3) is 0 Å². The fraction of sp³-hybridized carbons (Fsp3) is 0.350. The molecular weight excluding hydrogens is 399 g/mol. The second-order valence-corrected chi connectivity index (χ2v) is 9.89. The molecule has 8 heteroatoms. The molecule has 1 N–H and O–H groups in total. The van der Waals surface area contributed by atoms with Gasteiger partial charge in [0, 0.05) is 23.7 Å². The first-order chi connectivity index (χ1) is 13.3. The molecule has 0 saturated carbocycles. The van der Waals surface area contributed by atoms with Crippen molar-refractivity contribution in [2.75, 3.05) is 24.2 Å².